The van der Waals surface area contributed by atoms with Gasteiger partial charge >= 0.3 is 0 Å². The summed E-state index contributed by atoms with van der Waals surface area (Å²) in [4.78, 5) is 4.16. The molecular weight excluding hydrogens is 196 g/mol. The summed E-state index contributed by atoms with van der Waals surface area (Å²) >= 11 is 1.59. The van der Waals surface area contributed by atoms with Crippen LogP contribution in [0.5, 0.6) is 0 Å². The van der Waals surface area contributed by atoms with Crippen molar-refractivity contribution < 1.29 is 5.11 Å². The van der Waals surface area contributed by atoms with E-state index in [9.17, 15) is 5.11 Å². The number of thiazole rings is 1. The Morgan fingerprint density at radius 3 is 3.00 bits per heavy atom. The van der Waals surface area contributed by atoms with E-state index in [0.29, 0.717) is 6.54 Å². The predicted octanol–water partition coefficient (Wildman–Crippen LogP) is 1.78. The average molecular weight is 214 g/mol. The molecule has 0 spiro atoms. The van der Waals surface area contributed by atoms with Gasteiger partial charge < -0.3 is 10.4 Å². The Labute approximate surface area is 89.2 Å². The summed E-state index contributed by atoms with van der Waals surface area (Å²) in [6.45, 7) is 5.31. The molecular formula is C10H18N2OS. The second-order valence-corrected chi connectivity index (χ2v) is 4.55. The Hall–Kier alpha value is -0.450. The van der Waals surface area contributed by atoms with Crippen LogP contribution in [0.25, 0.3) is 0 Å². The summed E-state index contributed by atoms with van der Waals surface area (Å²) in [7, 11) is 0. The second-order valence-electron chi connectivity index (χ2n) is 3.83. The number of rotatable bonds is 6. The van der Waals surface area contributed by atoms with Crippen LogP contribution in [0.15, 0.2) is 10.9 Å². The molecule has 80 valence electrons. The molecule has 1 aromatic heterocycles. The second kappa shape index (κ2) is 5.44. The summed E-state index contributed by atoms with van der Waals surface area (Å²) in [6, 6.07) is 0. The van der Waals surface area contributed by atoms with E-state index in [0.717, 1.165) is 25.1 Å². The summed E-state index contributed by atoms with van der Waals surface area (Å²) in [6.07, 6.45) is 1.84. The SMILES string of the molecule is CCCC(C)(O)CNCc1cscn1. The first-order valence-electron chi connectivity index (χ1n) is 4.94. The summed E-state index contributed by atoms with van der Waals surface area (Å²) in [5.74, 6) is 0. The highest BCUT2D eigenvalue weighted by Gasteiger charge is 2.17. The molecule has 0 radical (unpaired) electrons. The molecule has 0 aliphatic heterocycles. The maximum absolute atomic E-state index is 9.86. The van der Waals surface area contributed by atoms with Crippen molar-refractivity contribution >= 4 is 11.3 Å². The van der Waals surface area contributed by atoms with Crippen molar-refractivity contribution in [1.82, 2.24) is 10.3 Å². The fraction of sp³-hybridized carbons (Fsp3) is 0.700. The number of hydrogen-bond acceptors (Lipinski definition) is 4. The summed E-state index contributed by atoms with van der Waals surface area (Å²) in [5.41, 5.74) is 2.27. The zero-order chi connectivity index (χ0) is 10.4. The standard InChI is InChI=1S/C10H18N2OS/c1-3-4-10(2,13)7-11-5-9-6-14-8-12-9/h6,8,11,13H,3-5,7H2,1-2H3. The molecule has 1 rings (SSSR count). The zero-order valence-corrected chi connectivity index (χ0v) is 9.60. The fourth-order valence-corrected chi connectivity index (χ4v) is 1.97. The molecule has 2 N–H and O–H groups in total. The van der Waals surface area contributed by atoms with Crippen LogP contribution < -0.4 is 5.32 Å². The van der Waals surface area contributed by atoms with Crippen LogP contribution in [0.3, 0.4) is 0 Å². The number of hydrogen-bond donors (Lipinski definition) is 2. The van der Waals surface area contributed by atoms with Crippen LogP contribution in [0, 0.1) is 0 Å². The molecule has 4 heteroatoms. The summed E-state index contributed by atoms with van der Waals surface area (Å²) < 4.78 is 0. The number of nitrogens with one attached hydrogen (secondary N) is 1. The van der Waals surface area contributed by atoms with Crippen LogP contribution in [0.2, 0.25) is 0 Å². The maximum Gasteiger partial charge on any atom is 0.0795 e. The Kier molecular flexibility index (Phi) is 4.51. The molecule has 1 unspecified atom stereocenters. The van der Waals surface area contributed by atoms with E-state index >= 15 is 0 Å². The molecule has 0 saturated carbocycles. The van der Waals surface area contributed by atoms with Gasteiger partial charge in [-0.1, -0.05) is 13.3 Å². The van der Waals surface area contributed by atoms with Gasteiger partial charge in [-0.2, -0.15) is 0 Å². The predicted molar refractivity (Wildman–Crippen MR) is 59.4 cm³/mol. The van der Waals surface area contributed by atoms with Crippen molar-refractivity contribution in [3.63, 3.8) is 0 Å². The van der Waals surface area contributed by atoms with Crippen LogP contribution >= 0.6 is 11.3 Å². The van der Waals surface area contributed by atoms with Gasteiger partial charge in [0.15, 0.2) is 0 Å². The van der Waals surface area contributed by atoms with Gasteiger partial charge in [-0.05, 0) is 13.3 Å². The average Bonchev–Trinajstić information content (AvgIpc) is 2.56. The topological polar surface area (TPSA) is 45.1 Å². The van der Waals surface area contributed by atoms with Gasteiger partial charge in [-0.25, -0.2) is 4.98 Å². The molecule has 1 atom stereocenters. The van der Waals surface area contributed by atoms with Gasteiger partial charge in [0.2, 0.25) is 0 Å². The highest BCUT2D eigenvalue weighted by Crippen LogP contribution is 2.10. The zero-order valence-electron chi connectivity index (χ0n) is 8.79. The number of aromatic nitrogens is 1. The first-order chi connectivity index (χ1) is 6.64. The van der Waals surface area contributed by atoms with Gasteiger partial charge in [-0.3, -0.25) is 0 Å². The van der Waals surface area contributed by atoms with Gasteiger partial charge in [0, 0.05) is 18.5 Å². The highest BCUT2D eigenvalue weighted by molar-refractivity contribution is 7.07. The monoisotopic (exact) mass is 214 g/mol. The third-order valence-electron chi connectivity index (χ3n) is 2.08. The Balaban J connectivity index is 2.20. The number of nitrogens with zero attached hydrogens (tertiary/aromatic N) is 1. The quantitative estimate of drug-likeness (QED) is 0.759. The molecule has 0 saturated heterocycles. The lowest BCUT2D eigenvalue weighted by molar-refractivity contribution is 0.0497. The molecule has 14 heavy (non-hydrogen) atoms. The lowest BCUT2D eigenvalue weighted by atomic mass is 10.0. The summed E-state index contributed by atoms with van der Waals surface area (Å²) in [5, 5.41) is 15.1. The molecule has 3 nitrogen and oxygen atoms in total. The van der Waals surface area contributed by atoms with E-state index in [2.05, 4.69) is 17.2 Å². The smallest absolute Gasteiger partial charge is 0.0795 e. The van der Waals surface area contributed by atoms with Crippen molar-refractivity contribution in [2.24, 2.45) is 0 Å². The van der Waals surface area contributed by atoms with Crippen molar-refractivity contribution in [2.75, 3.05) is 6.54 Å². The molecule has 0 bridgehead atoms. The van der Waals surface area contributed by atoms with Crippen molar-refractivity contribution in [2.45, 2.75) is 38.8 Å². The lowest BCUT2D eigenvalue weighted by Crippen LogP contribution is -2.37. The molecule has 0 aliphatic carbocycles. The van der Waals surface area contributed by atoms with E-state index in [1.165, 1.54) is 0 Å². The lowest BCUT2D eigenvalue weighted by Gasteiger charge is -2.22. The van der Waals surface area contributed by atoms with Crippen LogP contribution in [-0.2, 0) is 6.54 Å². The van der Waals surface area contributed by atoms with Gasteiger partial charge in [0.05, 0.1) is 16.8 Å². The molecule has 0 amide bonds. The normalized spacial score (nSPS) is 15.4. The van der Waals surface area contributed by atoms with Crippen molar-refractivity contribution in [3.05, 3.63) is 16.6 Å². The maximum atomic E-state index is 9.86. The first-order valence-corrected chi connectivity index (χ1v) is 5.88. The minimum absolute atomic E-state index is 0.592. The van der Waals surface area contributed by atoms with Crippen molar-refractivity contribution in [1.29, 1.82) is 0 Å². The molecule has 1 aromatic rings. The Morgan fingerprint density at radius 1 is 1.64 bits per heavy atom. The Bertz CT molecular complexity index is 247. The Morgan fingerprint density at radius 2 is 2.43 bits per heavy atom. The molecule has 1 heterocycles. The third-order valence-corrected chi connectivity index (χ3v) is 2.72. The van der Waals surface area contributed by atoms with E-state index in [1.807, 2.05) is 17.8 Å². The van der Waals surface area contributed by atoms with Crippen LogP contribution in [-0.4, -0.2) is 22.2 Å². The molecule has 0 fully saturated rings. The van der Waals surface area contributed by atoms with E-state index in [-0.39, 0.29) is 0 Å². The van der Waals surface area contributed by atoms with Crippen LogP contribution in [0.1, 0.15) is 32.4 Å². The number of aliphatic hydroxyl groups is 1. The van der Waals surface area contributed by atoms with Gasteiger partial charge in [0.1, 0.15) is 0 Å². The minimum atomic E-state index is -0.592. The third kappa shape index (κ3) is 4.17. The van der Waals surface area contributed by atoms with Crippen LogP contribution in [0.4, 0.5) is 0 Å². The molecule has 0 aliphatic rings. The highest BCUT2D eigenvalue weighted by atomic mass is 32.1. The minimum Gasteiger partial charge on any atom is -0.389 e. The fourth-order valence-electron chi connectivity index (χ4n) is 1.41. The van der Waals surface area contributed by atoms with E-state index in [1.54, 1.807) is 11.3 Å². The molecule has 0 aromatic carbocycles. The van der Waals surface area contributed by atoms with Gasteiger partial charge in [0.25, 0.3) is 0 Å². The van der Waals surface area contributed by atoms with E-state index < -0.39 is 5.60 Å². The van der Waals surface area contributed by atoms with Crippen molar-refractivity contribution in [3.8, 4) is 0 Å². The van der Waals surface area contributed by atoms with E-state index in [4.69, 9.17) is 0 Å². The largest absolute Gasteiger partial charge is 0.389 e. The van der Waals surface area contributed by atoms with Gasteiger partial charge in [-0.15, -0.1) is 11.3 Å². The first kappa shape index (κ1) is 11.6.